The van der Waals surface area contributed by atoms with Crippen molar-refractivity contribution in [2.24, 2.45) is 0 Å². The van der Waals surface area contributed by atoms with Crippen molar-refractivity contribution in [2.45, 2.75) is 13.5 Å². The Hall–Kier alpha value is -1.39. The third kappa shape index (κ3) is 3.05. The fourth-order valence-electron chi connectivity index (χ4n) is 1.40. The molecule has 0 saturated carbocycles. The van der Waals surface area contributed by atoms with E-state index in [1.54, 1.807) is 29.7 Å². The minimum absolute atomic E-state index is 0.200. The quantitative estimate of drug-likeness (QED) is 0.868. The monoisotopic (exact) mass is 266 g/mol. The summed E-state index contributed by atoms with van der Waals surface area (Å²) in [4.78, 5) is 18.0. The average Bonchev–Trinajstić information content (AvgIpc) is 2.73. The number of nitrogens with zero attached hydrogens (tertiary/aromatic N) is 1. The fraction of sp³-hybridized carbons (Fsp3) is 0.167. The number of hydrogen-bond donors (Lipinski definition) is 1. The fourth-order valence-corrected chi connectivity index (χ4v) is 2.43. The number of nitrogens with one attached hydrogen (secondary N) is 1. The summed E-state index contributed by atoms with van der Waals surface area (Å²) >= 11 is 7.50. The van der Waals surface area contributed by atoms with E-state index in [2.05, 4.69) is 10.3 Å². The maximum atomic E-state index is 11.8. The van der Waals surface area contributed by atoms with E-state index < -0.39 is 0 Å². The maximum Gasteiger partial charge on any atom is 0.254 e. The van der Waals surface area contributed by atoms with Crippen molar-refractivity contribution in [2.75, 3.05) is 0 Å². The highest BCUT2D eigenvalue weighted by molar-refractivity contribution is 7.11. The van der Waals surface area contributed by atoms with Crippen molar-refractivity contribution in [1.29, 1.82) is 0 Å². The highest BCUT2D eigenvalue weighted by atomic mass is 35.5. The van der Waals surface area contributed by atoms with Gasteiger partial charge in [0, 0.05) is 16.0 Å². The van der Waals surface area contributed by atoms with Crippen LogP contribution < -0.4 is 5.32 Å². The molecule has 5 heteroatoms. The lowest BCUT2D eigenvalue weighted by Crippen LogP contribution is -2.22. The van der Waals surface area contributed by atoms with Gasteiger partial charge in [-0.05, 0) is 31.2 Å². The largest absolute Gasteiger partial charge is 0.347 e. The number of carbonyl (C=O) groups excluding carboxylic acids is 1. The first-order valence-corrected chi connectivity index (χ1v) is 6.30. The zero-order chi connectivity index (χ0) is 12.3. The molecule has 3 nitrogen and oxygen atoms in total. The Morgan fingerprint density at radius 3 is 2.94 bits per heavy atom. The van der Waals surface area contributed by atoms with E-state index >= 15 is 0 Å². The molecule has 1 amide bonds. The van der Waals surface area contributed by atoms with Gasteiger partial charge < -0.3 is 5.32 Å². The van der Waals surface area contributed by atoms with E-state index in [9.17, 15) is 4.79 Å². The van der Waals surface area contributed by atoms with Gasteiger partial charge in [0.05, 0.1) is 12.1 Å². The van der Waals surface area contributed by atoms with Gasteiger partial charge in [-0.15, -0.1) is 11.3 Å². The Kier molecular flexibility index (Phi) is 3.76. The van der Waals surface area contributed by atoms with Gasteiger partial charge in [0.1, 0.15) is 5.15 Å². The molecule has 2 rings (SSSR count). The predicted molar refractivity (Wildman–Crippen MR) is 69.5 cm³/mol. The van der Waals surface area contributed by atoms with Crippen molar-refractivity contribution >= 4 is 28.8 Å². The zero-order valence-corrected chi connectivity index (χ0v) is 10.8. The second-order valence-corrected chi connectivity index (χ2v) is 5.27. The van der Waals surface area contributed by atoms with Gasteiger partial charge in [-0.25, -0.2) is 4.98 Å². The predicted octanol–water partition coefficient (Wildman–Crippen LogP) is 3.03. The summed E-state index contributed by atoms with van der Waals surface area (Å²) in [5, 5.41) is 3.05. The minimum atomic E-state index is -0.200. The molecule has 2 aromatic heterocycles. The van der Waals surface area contributed by atoms with Crippen LogP contribution in [0.5, 0.6) is 0 Å². The first-order chi connectivity index (χ1) is 8.16. The third-order valence-corrected chi connectivity index (χ3v) is 3.52. The number of aryl methyl sites for hydroxylation is 1. The summed E-state index contributed by atoms with van der Waals surface area (Å²) < 4.78 is 0. The van der Waals surface area contributed by atoms with Gasteiger partial charge in [-0.1, -0.05) is 11.6 Å². The number of carbonyl (C=O) groups is 1. The summed E-state index contributed by atoms with van der Waals surface area (Å²) in [6.07, 6.45) is 1.56. The van der Waals surface area contributed by atoms with Crippen molar-refractivity contribution in [3.8, 4) is 0 Å². The molecule has 0 aliphatic carbocycles. The molecule has 0 fully saturated rings. The Labute approximate surface area is 108 Å². The van der Waals surface area contributed by atoms with E-state index in [0.29, 0.717) is 12.1 Å². The van der Waals surface area contributed by atoms with Crippen LogP contribution in [0.4, 0.5) is 0 Å². The molecule has 88 valence electrons. The number of hydrogen-bond acceptors (Lipinski definition) is 3. The van der Waals surface area contributed by atoms with E-state index in [0.717, 1.165) is 4.88 Å². The molecule has 0 saturated heterocycles. The van der Waals surface area contributed by atoms with E-state index in [4.69, 9.17) is 11.6 Å². The number of halogens is 1. The second kappa shape index (κ2) is 5.29. The molecule has 0 unspecified atom stereocenters. The Morgan fingerprint density at radius 1 is 1.47 bits per heavy atom. The maximum absolute atomic E-state index is 11.8. The topological polar surface area (TPSA) is 42.0 Å². The average molecular weight is 267 g/mol. The van der Waals surface area contributed by atoms with Crippen LogP contribution in [0.2, 0.25) is 5.15 Å². The zero-order valence-electron chi connectivity index (χ0n) is 9.24. The minimum Gasteiger partial charge on any atom is -0.347 e. The lowest BCUT2D eigenvalue weighted by molar-refractivity contribution is 0.0951. The highest BCUT2D eigenvalue weighted by Crippen LogP contribution is 2.15. The normalized spacial score (nSPS) is 10.2. The Bertz CT molecular complexity index is 539. The Balaban J connectivity index is 2.01. The smallest absolute Gasteiger partial charge is 0.254 e. The molecule has 1 N–H and O–H groups in total. The standard InChI is InChI=1S/C12H11ClN2OS/c1-8-4-5-9(17-8)7-15-12(16)10-3-2-6-14-11(10)13/h2-6H,7H2,1H3,(H,15,16). The molecule has 0 aliphatic heterocycles. The lowest BCUT2D eigenvalue weighted by Gasteiger charge is -2.04. The van der Waals surface area contributed by atoms with E-state index in [1.165, 1.54) is 4.88 Å². The van der Waals surface area contributed by atoms with Crippen LogP contribution in [0.15, 0.2) is 30.5 Å². The van der Waals surface area contributed by atoms with Gasteiger partial charge in [-0.3, -0.25) is 4.79 Å². The van der Waals surface area contributed by atoms with Crippen molar-refractivity contribution in [3.05, 3.63) is 50.9 Å². The molecular formula is C12H11ClN2OS. The van der Waals surface area contributed by atoms with E-state index in [-0.39, 0.29) is 11.1 Å². The van der Waals surface area contributed by atoms with E-state index in [1.807, 2.05) is 19.1 Å². The molecule has 2 heterocycles. The molecule has 0 atom stereocenters. The molecule has 0 spiro atoms. The van der Waals surface area contributed by atoms with Gasteiger partial charge in [-0.2, -0.15) is 0 Å². The lowest BCUT2D eigenvalue weighted by atomic mass is 10.2. The van der Waals surface area contributed by atoms with Crippen molar-refractivity contribution < 1.29 is 4.79 Å². The van der Waals surface area contributed by atoms with Crippen LogP contribution in [0, 0.1) is 6.92 Å². The molecule has 0 bridgehead atoms. The first kappa shape index (κ1) is 12.1. The molecule has 0 aromatic carbocycles. The number of pyridine rings is 1. The SMILES string of the molecule is Cc1ccc(CNC(=O)c2cccnc2Cl)s1. The van der Waals surface area contributed by atoms with Gasteiger partial charge in [0.2, 0.25) is 0 Å². The first-order valence-electron chi connectivity index (χ1n) is 5.11. The van der Waals surface area contributed by atoms with Crippen LogP contribution in [-0.4, -0.2) is 10.9 Å². The number of thiophene rings is 1. The third-order valence-electron chi connectivity index (χ3n) is 2.22. The molecule has 17 heavy (non-hydrogen) atoms. The van der Waals surface area contributed by atoms with Crippen LogP contribution in [0.25, 0.3) is 0 Å². The number of aromatic nitrogens is 1. The summed E-state index contributed by atoms with van der Waals surface area (Å²) in [5.74, 6) is -0.200. The number of amides is 1. The van der Waals surface area contributed by atoms with Gasteiger partial charge in [0.25, 0.3) is 5.91 Å². The summed E-state index contributed by atoms with van der Waals surface area (Å²) in [6, 6.07) is 7.38. The highest BCUT2D eigenvalue weighted by Gasteiger charge is 2.10. The summed E-state index contributed by atoms with van der Waals surface area (Å²) in [7, 11) is 0. The van der Waals surface area contributed by atoms with Crippen molar-refractivity contribution in [3.63, 3.8) is 0 Å². The molecule has 0 aliphatic rings. The molecular weight excluding hydrogens is 256 g/mol. The van der Waals surface area contributed by atoms with Crippen LogP contribution in [0.1, 0.15) is 20.1 Å². The molecule has 0 radical (unpaired) electrons. The summed E-state index contributed by atoms with van der Waals surface area (Å²) in [6.45, 7) is 2.55. The summed E-state index contributed by atoms with van der Waals surface area (Å²) in [5.41, 5.74) is 0.405. The van der Waals surface area contributed by atoms with Crippen LogP contribution >= 0.6 is 22.9 Å². The van der Waals surface area contributed by atoms with Crippen LogP contribution in [0.3, 0.4) is 0 Å². The Morgan fingerprint density at radius 2 is 2.29 bits per heavy atom. The van der Waals surface area contributed by atoms with Gasteiger partial charge in [0.15, 0.2) is 0 Å². The second-order valence-electron chi connectivity index (χ2n) is 3.54. The van der Waals surface area contributed by atoms with Gasteiger partial charge >= 0.3 is 0 Å². The molecule has 2 aromatic rings. The van der Waals surface area contributed by atoms with Crippen LogP contribution in [-0.2, 0) is 6.54 Å². The van der Waals surface area contributed by atoms with Crippen molar-refractivity contribution in [1.82, 2.24) is 10.3 Å². The number of rotatable bonds is 3.